The Kier molecular flexibility index (Phi) is 16.5. The van der Waals surface area contributed by atoms with Crippen molar-refractivity contribution in [1.82, 2.24) is 0 Å². The van der Waals surface area contributed by atoms with Crippen molar-refractivity contribution < 1.29 is 9.90 Å². The van der Waals surface area contributed by atoms with Crippen LogP contribution in [0.2, 0.25) is 0 Å². The second-order valence-electron chi connectivity index (χ2n) is 2.62. The molecule has 3 heteroatoms. The van der Waals surface area contributed by atoms with Crippen molar-refractivity contribution in [2.75, 3.05) is 5.88 Å². The van der Waals surface area contributed by atoms with E-state index in [0.717, 1.165) is 12.0 Å². The molecule has 0 unspecified atom stereocenters. The first-order chi connectivity index (χ1) is 6.68. The zero-order valence-corrected chi connectivity index (χ0v) is 9.63. The van der Waals surface area contributed by atoms with Crippen LogP contribution in [-0.4, -0.2) is 17.0 Å². The van der Waals surface area contributed by atoms with Crippen LogP contribution in [0.25, 0.3) is 0 Å². The molecule has 0 radical (unpaired) electrons. The molecule has 0 bridgehead atoms. The Morgan fingerprint density at radius 1 is 1.36 bits per heavy atom. The number of carboxylic acid groups (broad SMARTS) is 1. The molecule has 0 aromatic heterocycles. The van der Waals surface area contributed by atoms with Gasteiger partial charge in [-0.25, -0.2) is 4.79 Å². The Hall–Kier alpha value is -0.760. The summed E-state index contributed by atoms with van der Waals surface area (Å²) in [5.41, 5.74) is 0. The van der Waals surface area contributed by atoms with Crippen molar-refractivity contribution in [3.8, 4) is 0 Å². The number of carboxylic acids is 1. The Balaban J connectivity index is 0. The van der Waals surface area contributed by atoms with Crippen LogP contribution in [-0.2, 0) is 4.79 Å². The molecule has 0 rings (SSSR count). The van der Waals surface area contributed by atoms with Gasteiger partial charge in [-0.15, -0.1) is 11.6 Å². The van der Waals surface area contributed by atoms with Crippen molar-refractivity contribution >= 4 is 17.6 Å². The van der Waals surface area contributed by atoms with Crippen LogP contribution in [0, 0.1) is 0 Å². The SMILES string of the molecule is C/C=C/C=C/C(=O)O.CCCCCCl. The maximum atomic E-state index is 9.75. The molecule has 0 aliphatic rings. The molecule has 0 spiro atoms. The molecule has 14 heavy (non-hydrogen) atoms. The minimum atomic E-state index is -0.914. The number of alkyl halides is 1. The molecular weight excluding hydrogens is 200 g/mol. The molecule has 0 fully saturated rings. The molecule has 0 amide bonds. The van der Waals surface area contributed by atoms with E-state index in [1.807, 2.05) is 6.92 Å². The van der Waals surface area contributed by atoms with E-state index in [1.165, 1.54) is 25.3 Å². The zero-order chi connectivity index (χ0) is 11.2. The zero-order valence-electron chi connectivity index (χ0n) is 8.87. The summed E-state index contributed by atoms with van der Waals surface area (Å²) in [6.07, 6.45) is 9.71. The van der Waals surface area contributed by atoms with Gasteiger partial charge in [0.25, 0.3) is 0 Å². The summed E-state index contributed by atoms with van der Waals surface area (Å²) in [5.74, 6) is -0.0866. The summed E-state index contributed by atoms with van der Waals surface area (Å²) in [5, 5.41) is 8.02. The summed E-state index contributed by atoms with van der Waals surface area (Å²) in [4.78, 5) is 9.75. The van der Waals surface area contributed by atoms with Crippen molar-refractivity contribution in [3.63, 3.8) is 0 Å². The number of unbranched alkanes of at least 4 members (excludes halogenated alkanes) is 2. The minimum Gasteiger partial charge on any atom is -0.478 e. The maximum Gasteiger partial charge on any atom is 0.328 e. The molecule has 0 atom stereocenters. The highest BCUT2D eigenvalue weighted by Gasteiger charge is 1.78. The van der Waals surface area contributed by atoms with Crippen molar-refractivity contribution in [3.05, 3.63) is 24.3 Å². The van der Waals surface area contributed by atoms with Crippen LogP contribution in [0.1, 0.15) is 33.1 Å². The second-order valence-corrected chi connectivity index (χ2v) is 3.00. The predicted molar refractivity (Wildman–Crippen MR) is 61.8 cm³/mol. The van der Waals surface area contributed by atoms with E-state index in [4.69, 9.17) is 16.7 Å². The highest BCUT2D eigenvalue weighted by molar-refractivity contribution is 6.17. The number of halogens is 1. The molecular formula is C11H19ClO2. The molecule has 0 saturated carbocycles. The van der Waals surface area contributed by atoms with Gasteiger partial charge in [0.2, 0.25) is 0 Å². The third-order valence-corrected chi connectivity index (χ3v) is 1.55. The standard InChI is InChI=1S/C6H8O2.C5H11Cl/c1-2-3-4-5-6(7)8;1-2-3-4-5-6/h2-5H,1H3,(H,7,8);2-5H2,1H3/b3-2+,5-4+;. The van der Waals surface area contributed by atoms with Crippen LogP contribution in [0.3, 0.4) is 0 Å². The smallest absolute Gasteiger partial charge is 0.328 e. The first kappa shape index (κ1) is 15.7. The average Bonchev–Trinajstić information content (AvgIpc) is 2.16. The first-order valence-corrected chi connectivity index (χ1v) is 5.30. The fraction of sp³-hybridized carbons (Fsp3) is 0.545. The van der Waals surface area contributed by atoms with Crippen LogP contribution in [0.5, 0.6) is 0 Å². The Morgan fingerprint density at radius 3 is 2.29 bits per heavy atom. The molecule has 0 saturated heterocycles. The van der Waals surface area contributed by atoms with E-state index < -0.39 is 5.97 Å². The van der Waals surface area contributed by atoms with Gasteiger partial charge in [0.15, 0.2) is 0 Å². The molecule has 0 aliphatic carbocycles. The van der Waals surface area contributed by atoms with Gasteiger partial charge in [0.1, 0.15) is 0 Å². The lowest BCUT2D eigenvalue weighted by Gasteiger charge is -1.84. The summed E-state index contributed by atoms with van der Waals surface area (Å²) in [6.45, 7) is 4.00. The topological polar surface area (TPSA) is 37.3 Å². The fourth-order valence-electron chi connectivity index (χ4n) is 0.593. The summed E-state index contributed by atoms with van der Waals surface area (Å²) in [7, 11) is 0. The molecule has 0 aromatic rings. The van der Waals surface area contributed by atoms with E-state index in [0.29, 0.717) is 0 Å². The highest BCUT2D eigenvalue weighted by Crippen LogP contribution is 1.93. The van der Waals surface area contributed by atoms with Gasteiger partial charge in [-0.05, 0) is 13.3 Å². The average molecular weight is 219 g/mol. The monoisotopic (exact) mass is 218 g/mol. The van der Waals surface area contributed by atoms with Gasteiger partial charge in [-0.2, -0.15) is 0 Å². The lowest BCUT2D eigenvalue weighted by atomic mass is 10.3. The Morgan fingerprint density at radius 2 is 2.00 bits per heavy atom. The molecule has 0 heterocycles. The van der Waals surface area contributed by atoms with Gasteiger partial charge in [-0.3, -0.25) is 0 Å². The number of hydrogen-bond donors (Lipinski definition) is 1. The second kappa shape index (κ2) is 14.7. The molecule has 0 aromatic carbocycles. The normalized spacial score (nSPS) is 10.2. The van der Waals surface area contributed by atoms with Crippen LogP contribution >= 0.6 is 11.6 Å². The van der Waals surface area contributed by atoms with E-state index in [9.17, 15) is 4.79 Å². The van der Waals surface area contributed by atoms with E-state index >= 15 is 0 Å². The third kappa shape index (κ3) is 22.5. The van der Waals surface area contributed by atoms with Gasteiger partial charge < -0.3 is 5.11 Å². The van der Waals surface area contributed by atoms with E-state index in [2.05, 4.69) is 6.92 Å². The van der Waals surface area contributed by atoms with Crippen molar-refractivity contribution in [2.24, 2.45) is 0 Å². The number of aliphatic carboxylic acids is 1. The van der Waals surface area contributed by atoms with E-state index in [-0.39, 0.29) is 0 Å². The number of allylic oxidation sites excluding steroid dienone is 3. The van der Waals surface area contributed by atoms with Crippen LogP contribution in [0.4, 0.5) is 0 Å². The molecule has 0 aliphatic heterocycles. The summed E-state index contributed by atoms with van der Waals surface area (Å²) in [6, 6.07) is 0. The predicted octanol–water partition coefficient (Wildman–Crippen LogP) is 3.62. The number of rotatable bonds is 5. The van der Waals surface area contributed by atoms with Crippen molar-refractivity contribution in [1.29, 1.82) is 0 Å². The Bertz CT molecular complexity index is 170. The van der Waals surface area contributed by atoms with Crippen LogP contribution in [0.15, 0.2) is 24.3 Å². The largest absolute Gasteiger partial charge is 0.478 e. The molecule has 82 valence electrons. The number of hydrogen-bond acceptors (Lipinski definition) is 1. The van der Waals surface area contributed by atoms with Crippen LogP contribution < -0.4 is 0 Å². The van der Waals surface area contributed by atoms with Gasteiger partial charge >= 0.3 is 5.97 Å². The van der Waals surface area contributed by atoms with Gasteiger partial charge in [0, 0.05) is 12.0 Å². The molecule has 2 nitrogen and oxygen atoms in total. The first-order valence-electron chi connectivity index (χ1n) is 4.77. The lowest BCUT2D eigenvalue weighted by molar-refractivity contribution is -0.131. The molecule has 1 N–H and O–H groups in total. The summed E-state index contributed by atoms with van der Waals surface area (Å²) >= 11 is 5.38. The van der Waals surface area contributed by atoms with Gasteiger partial charge in [-0.1, -0.05) is 38.0 Å². The fourth-order valence-corrected chi connectivity index (χ4v) is 0.782. The van der Waals surface area contributed by atoms with E-state index in [1.54, 1.807) is 12.2 Å². The third-order valence-electron chi connectivity index (χ3n) is 1.28. The van der Waals surface area contributed by atoms with Gasteiger partial charge in [0.05, 0.1) is 0 Å². The lowest BCUT2D eigenvalue weighted by Crippen LogP contribution is -1.83. The highest BCUT2D eigenvalue weighted by atomic mass is 35.5. The maximum absolute atomic E-state index is 9.75. The van der Waals surface area contributed by atoms with Crippen molar-refractivity contribution in [2.45, 2.75) is 33.1 Å². The minimum absolute atomic E-state index is 0.827. The summed E-state index contributed by atoms with van der Waals surface area (Å²) < 4.78 is 0. The quantitative estimate of drug-likeness (QED) is 0.331. The Labute approximate surface area is 91.3 Å². The number of carbonyl (C=O) groups is 1.